The maximum atomic E-state index is 11.9. The maximum Gasteiger partial charge on any atom is 0.326 e. The van der Waals surface area contributed by atoms with Gasteiger partial charge < -0.3 is 5.11 Å². The van der Waals surface area contributed by atoms with Crippen molar-refractivity contribution in [1.29, 1.82) is 0 Å². The van der Waals surface area contributed by atoms with Gasteiger partial charge in [0.1, 0.15) is 11.1 Å². The average Bonchev–Trinajstić information content (AvgIpc) is 2.32. The topological polar surface area (TPSA) is 70.5 Å². The van der Waals surface area contributed by atoms with Crippen molar-refractivity contribution >= 4 is 29.3 Å². The van der Waals surface area contributed by atoms with Crippen LogP contribution in [-0.4, -0.2) is 33.8 Å². The van der Waals surface area contributed by atoms with Crippen molar-refractivity contribution < 1.29 is 14.7 Å². The number of aliphatic carboxylic acids is 1. The van der Waals surface area contributed by atoms with Crippen LogP contribution in [0.4, 0.5) is 5.69 Å². The molecule has 1 aromatic rings. The monoisotopic (exact) mass is 252 g/mol. The van der Waals surface area contributed by atoms with Crippen molar-refractivity contribution in [3.05, 3.63) is 18.3 Å². The number of amides is 1. The zero-order chi connectivity index (χ0) is 12.4. The predicted molar refractivity (Wildman–Crippen MR) is 64.2 cm³/mol. The van der Waals surface area contributed by atoms with Crippen molar-refractivity contribution in [3.8, 4) is 0 Å². The van der Waals surface area contributed by atoms with E-state index >= 15 is 0 Å². The summed E-state index contributed by atoms with van der Waals surface area (Å²) in [6.07, 6.45) is 2.02. The zero-order valence-electron chi connectivity index (χ0n) is 9.29. The van der Waals surface area contributed by atoms with E-state index in [1.807, 2.05) is 0 Å². The molecule has 0 fully saturated rings. The van der Waals surface area contributed by atoms with Crippen LogP contribution in [0.5, 0.6) is 0 Å². The summed E-state index contributed by atoms with van der Waals surface area (Å²) in [5, 5.41) is 9.86. The summed E-state index contributed by atoms with van der Waals surface area (Å²) in [6.45, 7) is 1.75. The van der Waals surface area contributed by atoms with Crippen molar-refractivity contribution in [3.63, 3.8) is 0 Å². The van der Waals surface area contributed by atoms with Gasteiger partial charge in [-0.25, -0.2) is 9.78 Å². The van der Waals surface area contributed by atoms with Crippen LogP contribution in [-0.2, 0) is 9.59 Å². The summed E-state index contributed by atoms with van der Waals surface area (Å²) in [7, 11) is 0. The lowest BCUT2D eigenvalue weighted by molar-refractivity contribution is -0.140. The number of thioether (sulfide) groups is 1. The van der Waals surface area contributed by atoms with Crippen molar-refractivity contribution in [1.82, 2.24) is 4.98 Å². The minimum atomic E-state index is -0.984. The molecule has 1 aliphatic heterocycles. The van der Waals surface area contributed by atoms with Gasteiger partial charge in [-0.1, -0.05) is 18.7 Å². The molecule has 2 rings (SSSR count). The summed E-state index contributed by atoms with van der Waals surface area (Å²) >= 11 is 1.34. The molecule has 1 aromatic heterocycles. The van der Waals surface area contributed by atoms with Gasteiger partial charge in [-0.15, -0.1) is 0 Å². The first-order valence-corrected chi connectivity index (χ1v) is 6.26. The van der Waals surface area contributed by atoms with Gasteiger partial charge in [0.05, 0.1) is 11.4 Å². The molecule has 1 unspecified atom stereocenters. The summed E-state index contributed by atoms with van der Waals surface area (Å²) < 4.78 is 0. The Morgan fingerprint density at radius 2 is 2.47 bits per heavy atom. The number of carboxylic acids is 1. The Bertz CT molecular complexity index is 464. The molecule has 1 amide bonds. The Morgan fingerprint density at radius 3 is 3.12 bits per heavy atom. The molecule has 1 N–H and O–H groups in total. The summed E-state index contributed by atoms with van der Waals surface area (Å²) in [5.41, 5.74) is 0.600. The number of carbonyl (C=O) groups is 2. The maximum absolute atomic E-state index is 11.9. The second-order valence-electron chi connectivity index (χ2n) is 3.64. The molecule has 0 saturated carbocycles. The molecule has 2 heterocycles. The lowest BCUT2D eigenvalue weighted by Crippen LogP contribution is -2.47. The molecule has 0 radical (unpaired) electrons. The predicted octanol–water partition coefficient (Wildman–Crippen LogP) is 1.38. The minimum Gasteiger partial charge on any atom is -0.480 e. The zero-order valence-corrected chi connectivity index (χ0v) is 10.1. The molecular formula is C11H12N2O3S. The number of rotatable bonds is 3. The Hall–Kier alpha value is -1.56. The number of anilines is 1. The van der Waals surface area contributed by atoms with E-state index < -0.39 is 12.0 Å². The van der Waals surface area contributed by atoms with Crippen molar-refractivity contribution in [2.75, 3.05) is 10.7 Å². The Labute approximate surface area is 103 Å². The van der Waals surface area contributed by atoms with Gasteiger partial charge >= 0.3 is 5.97 Å². The van der Waals surface area contributed by atoms with Crippen LogP contribution < -0.4 is 4.90 Å². The number of nitrogens with zero attached hydrogens (tertiary/aromatic N) is 2. The smallest absolute Gasteiger partial charge is 0.326 e. The number of pyridine rings is 1. The van der Waals surface area contributed by atoms with E-state index in [1.54, 1.807) is 25.3 Å². The Morgan fingerprint density at radius 1 is 1.71 bits per heavy atom. The second-order valence-corrected chi connectivity index (χ2v) is 4.61. The second kappa shape index (κ2) is 4.75. The molecule has 17 heavy (non-hydrogen) atoms. The normalized spacial score (nSPS) is 16.5. The van der Waals surface area contributed by atoms with Gasteiger partial charge in [0.25, 0.3) is 0 Å². The van der Waals surface area contributed by atoms with Gasteiger partial charge in [0.15, 0.2) is 0 Å². The van der Waals surface area contributed by atoms with E-state index in [9.17, 15) is 9.59 Å². The highest BCUT2D eigenvalue weighted by molar-refractivity contribution is 8.00. The fourth-order valence-corrected chi connectivity index (χ4v) is 2.67. The molecule has 90 valence electrons. The summed E-state index contributed by atoms with van der Waals surface area (Å²) in [6, 6.07) is 2.63. The van der Waals surface area contributed by atoms with Crippen LogP contribution in [0, 0.1) is 0 Å². The van der Waals surface area contributed by atoms with Gasteiger partial charge in [-0.3, -0.25) is 9.69 Å². The molecule has 5 nitrogen and oxygen atoms in total. The highest BCUT2D eigenvalue weighted by Crippen LogP contribution is 2.34. The fourth-order valence-electron chi connectivity index (χ4n) is 1.82. The van der Waals surface area contributed by atoms with Crippen LogP contribution in [0.15, 0.2) is 23.4 Å². The number of carboxylic acid groups (broad SMARTS) is 1. The van der Waals surface area contributed by atoms with E-state index in [4.69, 9.17) is 5.11 Å². The lowest BCUT2D eigenvalue weighted by Gasteiger charge is -2.32. The number of carbonyl (C=O) groups excluding carboxylic acids is 1. The number of fused-ring (bicyclic) bond motifs is 1. The highest BCUT2D eigenvalue weighted by atomic mass is 32.2. The molecule has 1 atom stereocenters. The lowest BCUT2D eigenvalue weighted by atomic mass is 10.1. The van der Waals surface area contributed by atoms with Crippen molar-refractivity contribution in [2.24, 2.45) is 0 Å². The number of hydrogen-bond acceptors (Lipinski definition) is 4. The molecule has 0 bridgehead atoms. The Balaban J connectivity index is 2.45. The largest absolute Gasteiger partial charge is 0.480 e. The summed E-state index contributed by atoms with van der Waals surface area (Å²) in [5.74, 6) is -0.916. The fraction of sp³-hybridized carbons (Fsp3) is 0.364. The SMILES string of the molecule is CCC(C(=O)O)N1C(=O)CSc2ncccc21. The van der Waals surface area contributed by atoms with Crippen LogP contribution in [0.25, 0.3) is 0 Å². The third-order valence-corrected chi connectivity index (χ3v) is 3.57. The van der Waals surface area contributed by atoms with E-state index in [-0.39, 0.29) is 11.7 Å². The van der Waals surface area contributed by atoms with Gasteiger partial charge in [-0.05, 0) is 18.6 Å². The average molecular weight is 252 g/mol. The van der Waals surface area contributed by atoms with Gasteiger partial charge in [-0.2, -0.15) is 0 Å². The molecule has 0 aromatic carbocycles. The third-order valence-electron chi connectivity index (χ3n) is 2.60. The molecule has 6 heteroatoms. The van der Waals surface area contributed by atoms with Gasteiger partial charge in [0, 0.05) is 6.20 Å². The van der Waals surface area contributed by atoms with E-state index in [2.05, 4.69) is 4.98 Å². The minimum absolute atomic E-state index is 0.176. The van der Waals surface area contributed by atoms with Crippen LogP contribution in [0.3, 0.4) is 0 Å². The third kappa shape index (κ3) is 2.12. The number of aromatic nitrogens is 1. The molecule has 0 spiro atoms. The Kier molecular flexibility index (Phi) is 3.33. The first-order chi connectivity index (χ1) is 8.15. The molecule has 1 aliphatic rings. The van der Waals surface area contributed by atoms with Crippen molar-refractivity contribution in [2.45, 2.75) is 24.4 Å². The number of hydrogen-bond donors (Lipinski definition) is 1. The highest BCUT2D eigenvalue weighted by Gasteiger charge is 2.34. The van der Waals surface area contributed by atoms with E-state index in [0.29, 0.717) is 17.1 Å². The molecular weight excluding hydrogens is 240 g/mol. The van der Waals surface area contributed by atoms with Crippen LogP contribution in [0.1, 0.15) is 13.3 Å². The standard InChI is InChI=1S/C11H12N2O3S/c1-2-7(11(15)16)13-8-4-3-5-12-10(8)17-6-9(13)14/h3-5,7H,2,6H2,1H3,(H,15,16). The van der Waals surface area contributed by atoms with E-state index in [0.717, 1.165) is 0 Å². The van der Waals surface area contributed by atoms with Crippen LogP contribution >= 0.6 is 11.8 Å². The quantitative estimate of drug-likeness (QED) is 0.880. The van der Waals surface area contributed by atoms with Gasteiger partial charge in [0.2, 0.25) is 5.91 Å². The molecule has 0 saturated heterocycles. The molecule has 0 aliphatic carbocycles. The van der Waals surface area contributed by atoms with E-state index in [1.165, 1.54) is 16.7 Å². The summed E-state index contributed by atoms with van der Waals surface area (Å²) in [4.78, 5) is 28.5. The first-order valence-electron chi connectivity index (χ1n) is 5.27. The van der Waals surface area contributed by atoms with Crippen LogP contribution in [0.2, 0.25) is 0 Å². The first kappa shape index (κ1) is 11.9.